The highest BCUT2D eigenvalue weighted by molar-refractivity contribution is 5.14. The normalized spacial score (nSPS) is 22.9. The van der Waals surface area contributed by atoms with Crippen molar-refractivity contribution in [2.75, 3.05) is 6.54 Å². The minimum absolute atomic E-state index is 0.621. The molecule has 0 aromatic heterocycles. The van der Waals surface area contributed by atoms with Crippen molar-refractivity contribution in [3.05, 3.63) is 35.9 Å². The van der Waals surface area contributed by atoms with Crippen LogP contribution in [0.2, 0.25) is 0 Å². The second-order valence-corrected chi connectivity index (χ2v) is 6.71. The van der Waals surface area contributed by atoms with E-state index in [1.807, 2.05) is 0 Å². The average Bonchev–Trinajstić information content (AvgIpc) is 2.52. The molecule has 1 aromatic rings. The van der Waals surface area contributed by atoms with Gasteiger partial charge in [0.2, 0.25) is 0 Å². The summed E-state index contributed by atoms with van der Waals surface area (Å²) in [6, 6.07) is 13.0. The lowest BCUT2D eigenvalue weighted by atomic mass is 9.89. The SMILES string of the molecule is CCCNC1CCC(N(Cc2ccccc2)C(C)C)CC1. The van der Waals surface area contributed by atoms with Gasteiger partial charge in [0.1, 0.15) is 0 Å². The molecule has 118 valence electrons. The minimum Gasteiger partial charge on any atom is -0.314 e. The van der Waals surface area contributed by atoms with Gasteiger partial charge in [-0.2, -0.15) is 0 Å². The molecular formula is C19H32N2. The second kappa shape index (κ2) is 8.55. The first-order valence-electron chi connectivity index (χ1n) is 8.73. The molecule has 2 rings (SSSR count). The Morgan fingerprint density at radius 1 is 1.10 bits per heavy atom. The number of rotatable bonds is 7. The zero-order chi connectivity index (χ0) is 15.1. The standard InChI is InChI=1S/C19H32N2/c1-4-14-20-18-10-12-19(13-11-18)21(16(2)3)15-17-8-6-5-7-9-17/h5-9,16,18-20H,4,10-15H2,1-3H3. The number of benzene rings is 1. The Morgan fingerprint density at radius 3 is 2.33 bits per heavy atom. The van der Waals surface area contributed by atoms with Crippen LogP contribution in [0.5, 0.6) is 0 Å². The van der Waals surface area contributed by atoms with E-state index in [2.05, 4.69) is 61.3 Å². The van der Waals surface area contributed by atoms with Crippen molar-refractivity contribution in [2.24, 2.45) is 0 Å². The number of nitrogens with zero attached hydrogens (tertiary/aromatic N) is 1. The van der Waals surface area contributed by atoms with Crippen LogP contribution in [0.1, 0.15) is 58.4 Å². The Balaban J connectivity index is 1.88. The molecule has 1 saturated carbocycles. The van der Waals surface area contributed by atoms with Crippen molar-refractivity contribution in [3.63, 3.8) is 0 Å². The molecule has 0 spiro atoms. The summed E-state index contributed by atoms with van der Waals surface area (Å²) in [7, 11) is 0. The second-order valence-electron chi connectivity index (χ2n) is 6.71. The van der Waals surface area contributed by atoms with Gasteiger partial charge >= 0.3 is 0 Å². The smallest absolute Gasteiger partial charge is 0.0239 e. The van der Waals surface area contributed by atoms with E-state index in [1.165, 1.54) is 44.2 Å². The Bertz CT molecular complexity index is 380. The number of nitrogens with one attached hydrogen (secondary N) is 1. The van der Waals surface area contributed by atoms with E-state index in [9.17, 15) is 0 Å². The van der Waals surface area contributed by atoms with E-state index in [4.69, 9.17) is 0 Å². The fraction of sp³-hybridized carbons (Fsp3) is 0.684. The zero-order valence-corrected chi connectivity index (χ0v) is 14.0. The van der Waals surface area contributed by atoms with Crippen LogP contribution < -0.4 is 5.32 Å². The predicted octanol–water partition coefficient (Wildman–Crippen LogP) is 4.21. The Kier molecular flexibility index (Phi) is 6.72. The first-order chi connectivity index (χ1) is 10.2. The summed E-state index contributed by atoms with van der Waals surface area (Å²) in [5, 5.41) is 3.69. The lowest BCUT2D eigenvalue weighted by Gasteiger charge is -2.39. The molecule has 0 unspecified atom stereocenters. The minimum atomic E-state index is 0.621. The van der Waals surface area contributed by atoms with Crippen LogP contribution in [0.3, 0.4) is 0 Å². The molecule has 1 aromatic carbocycles. The van der Waals surface area contributed by atoms with Crippen molar-refractivity contribution in [2.45, 2.75) is 77.5 Å². The van der Waals surface area contributed by atoms with Gasteiger partial charge in [-0.25, -0.2) is 0 Å². The first kappa shape index (κ1) is 16.5. The number of hydrogen-bond donors (Lipinski definition) is 1. The van der Waals surface area contributed by atoms with E-state index in [-0.39, 0.29) is 0 Å². The van der Waals surface area contributed by atoms with Crippen LogP contribution in [0.15, 0.2) is 30.3 Å². The highest BCUT2D eigenvalue weighted by Gasteiger charge is 2.26. The van der Waals surface area contributed by atoms with Crippen molar-refractivity contribution in [1.29, 1.82) is 0 Å². The summed E-state index contributed by atoms with van der Waals surface area (Å²) in [6.07, 6.45) is 6.59. The van der Waals surface area contributed by atoms with Crippen LogP contribution in [0.25, 0.3) is 0 Å². The third kappa shape index (κ3) is 5.12. The maximum absolute atomic E-state index is 3.69. The highest BCUT2D eigenvalue weighted by atomic mass is 15.2. The third-order valence-electron chi connectivity index (χ3n) is 4.72. The predicted molar refractivity (Wildman–Crippen MR) is 91.5 cm³/mol. The summed E-state index contributed by atoms with van der Waals surface area (Å²) >= 11 is 0. The van der Waals surface area contributed by atoms with E-state index in [0.29, 0.717) is 6.04 Å². The lowest BCUT2D eigenvalue weighted by Crippen LogP contribution is -2.45. The molecule has 0 bridgehead atoms. The van der Waals surface area contributed by atoms with Gasteiger partial charge in [-0.1, -0.05) is 37.3 Å². The first-order valence-corrected chi connectivity index (χ1v) is 8.73. The average molecular weight is 288 g/mol. The molecule has 1 fully saturated rings. The Hall–Kier alpha value is -0.860. The molecule has 0 atom stereocenters. The quantitative estimate of drug-likeness (QED) is 0.808. The summed E-state index contributed by atoms with van der Waals surface area (Å²) in [5.74, 6) is 0. The third-order valence-corrected chi connectivity index (χ3v) is 4.72. The molecule has 0 heterocycles. The van der Waals surface area contributed by atoms with Gasteiger partial charge in [-0.05, 0) is 58.1 Å². The van der Waals surface area contributed by atoms with Gasteiger partial charge in [0.15, 0.2) is 0 Å². The van der Waals surface area contributed by atoms with E-state index in [0.717, 1.165) is 18.6 Å². The monoisotopic (exact) mass is 288 g/mol. The number of hydrogen-bond acceptors (Lipinski definition) is 2. The van der Waals surface area contributed by atoms with Gasteiger partial charge in [0.25, 0.3) is 0 Å². The Labute approximate surface area is 130 Å². The summed E-state index contributed by atoms with van der Waals surface area (Å²) in [4.78, 5) is 2.70. The topological polar surface area (TPSA) is 15.3 Å². The van der Waals surface area contributed by atoms with E-state index >= 15 is 0 Å². The van der Waals surface area contributed by atoms with Gasteiger partial charge in [0.05, 0.1) is 0 Å². The Morgan fingerprint density at radius 2 is 1.76 bits per heavy atom. The molecule has 21 heavy (non-hydrogen) atoms. The molecule has 0 aliphatic heterocycles. The molecule has 0 amide bonds. The lowest BCUT2D eigenvalue weighted by molar-refractivity contribution is 0.103. The van der Waals surface area contributed by atoms with Crippen LogP contribution >= 0.6 is 0 Å². The zero-order valence-electron chi connectivity index (χ0n) is 14.0. The molecule has 2 heteroatoms. The largest absolute Gasteiger partial charge is 0.314 e. The van der Waals surface area contributed by atoms with Gasteiger partial charge in [0, 0.05) is 24.7 Å². The van der Waals surface area contributed by atoms with Gasteiger partial charge in [-0.3, -0.25) is 4.90 Å². The van der Waals surface area contributed by atoms with Crippen LogP contribution in [0.4, 0.5) is 0 Å². The fourth-order valence-corrected chi connectivity index (χ4v) is 3.49. The maximum atomic E-state index is 3.69. The van der Waals surface area contributed by atoms with Crippen LogP contribution in [-0.4, -0.2) is 29.6 Å². The summed E-state index contributed by atoms with van der Waals surface area (Å²) in [5.41, 5.74) is 1.44. The molecule has 2 nitrogen and oxygen atoms in total. The van der Waals surface area contributed by atoms with Crippen LogP contribution in [-0.2, 0) is 6.54 Å². The van der Waals surface area contributed by atoms with Crippen molar-refractivity contribution in [3.8, 4) is 0 Å². The summed E-state index contributed by atoms with van der Waals surface area (Å²) < 4.78 is 0. The fourth-order valence-electron chi connectivity index (χ4n) is 3.49. The maximum Gasteiger partial charge on any atom is 0.0239 e. The highest BCUT2D eigenvalue weighted by Crippen LogP contribution is 2.26. The molecular weight excluding hydrogens is 256 g/mol. The van der Waals surface area contributed by atoms with Crippen molar-refractivity contribution >= 4 is 0 Å². The molecule has 0 saturated heterocycles. The molecule has 0 radical (unpaired) electrons. The van der Waals surface area contributed by atoms with Gasteiger partial charge in [-0.15, -0.1) is 0 Å². The van der Waals surface area contributed by atoms with E-state index in [1.54, 1.807) is 0 Å². The molecule has 1 aliphatic rings. The van der Waals surface area contributed by atoms with E-state index < -0.39 is 0 Å². The van der Waals surface area contributed by atoms with Gasteiger partial charge < -0.3 is 5.32 Å². The summed E-state index contributed by atoms with van der Waals surface area (Å²) in [6.45, 7) is 9.19. The van der Waals surface area contributed by atoms with Crippen LogP contribution in [0, 0.1) is 0 Å². The molecule has 1 aliphatic carbocycles. The van der Waals surface area contributed by atoms with Crippen molar-refractivity contribution in [1.82, 2.24) is 10.2 Å². The van der Waals surface area contributed by atoms with Crippen molar-refractivity contribution < 1.29 is 0 Å². The molecule has 1 N–H and O–H groups in total.